The van der Waals surface area contributed by atoms with Crippen molar-refractivity contribution < 1.29 is 4.79 Å². The van der Waals surface area contributed by atoms with Gasteiger partial charge in [0.25, 0.3) is 5.91 Å². The summed E-state index contributed by atoms with van der Waals surface area (Å²) in [5, 5.41) is 13.7. The predicted octanol–water partition coefficient (Wildman–Crippen LogP) is 4.36. The molecular weight excluding hydrogens is 382 g/mol. The maximum atomic E-state index is 12.4. The molecule has 134 valence electrons. The minimum absolute atomic E-state index is 0.237. The van der Waals surface area contributed by atoms with Gasteiger partial charge < -0.3 is 0 Å². The van der Waals surface area contributed by atoms with Crippen molar-refractivity contribution in [2.24, 2.45) is 0 Å². The molecule has 2 heterocycles. The first-order valence-electron chi connectivity index (χ1n) is 8.15. The molecule has 1 amide bonds. The minimum Gasteiger partial charge on any atom is -0.296 e. The third-order valence-corrected chi connectivity index (χ3v) is 4.92. The van der Waals surface area contributed by atoms with Gasteiger partial charge in [0.15, 0.2) is 10.8 Å². The molecule has 0 spiro atoms. The van der Waals surface area contributed by atoms with Crippen molar-refractivity contribution in [1.82, 2.24) is 20.0 Å². The van der Waals surface area contributed by atoms with Gasteiger partial charge in [-0.1, -0.05) is 65.3 Å². The first-order chi connectivity index (χ1) is 13.2. The topological polar surface area (TPSA) is 72.7 Å². The summed E-state index contributed by atoms with van der Waals surface area (Å²) in [5.74, 6) is -0.352. The summed E-state index contributed by atoms with van der Waals surface area (Å²) in [6.45, 7) is 0.551. The van der Waals surface area contributed by atoms with Gasteiger partial charge in [-0.05, 0) is 11.6 Å². The highest BCUT2D eigenvalue weighted by Gasteiger charge is 2.14. The Morgan fingerprint density at radius 3 is 2.70 bits per heavy atom. The van der Waals surface area contributed by atoms with E-state index in [1.165, 1.54) is 11.3 Å². The second kappa shape index (κ2) is 7.69. The van der Waals surface area contributed by atoms with Crippen molar-refractivity contribution in [2.75, 3.05) is 5.32 Å². The number of rotatable bonds is 5. The highest BCUT2D eigenvalue weighted by Crippen LogP contribution is 2.30. The van der Waals surface area contributed by atoms with Crippen LogP contribution in [0.3, 0.4) is 0 Å². The number of nitrogens with zero attached hydrogens (tertiary/aromatic N) is 4. The Balaban J connectivity index is 1.45. The van der Waals surface area contributed by atoms with Crippen LogP contribution >= 0.6 is 22.9 Å². The number of halogens is 1. The van der Waals surface area contributed by atoms with Crippen LogP contribution in [-0.4, -0.2) is 25.9 Å². The number of carbonyl (C=O) groups excluding carboxylic acids is 1. The molecule has 2 aromatic carbocycles. The van der Waals surface area contributed by atoms with Crippen molar-refractivity contribution in [2.45, 2.75) is 6.54 Å². The fourth-order valence-electron chi connectivity index (χ4n) is 2.54. The second-order valence-corrected chi connectivity index (χ2v) is 7.02. The van der Waals surface area contributed by atoms with Gasteiger partial charge in [-0.2, -0.15) is 0 Å². The molecule has 0 saturated carbocycles. The molecule has 0 fully saturated rings. The number of aromatic nitrogens is 4. The highest BCUT2D eigenvalue weighted by molar-refractivity contribution is 7.14. The van der Waals surface area contributed by atoms with Gasteiger partial charge >= 0.3 is 0 Å². The zero-order valence-electron chi connectivity index (χ0n) is 14.0. The third kappa shape index (κ3) is 4.05. The van der Waals surface area contributed by atoms with Gasteiger partial charge in [0.05, 0.1) is 18.4 Å². The molecule has 27 heavy (non-hydrogen) atoms. The van der Waals surface area contributed by atoms with Crippen LogP contribution in [0.2, 0.25) is 5.02 Å². The molecule has 0 aliphatic heterocycles. The standard InChI is InChI=1S/C19H14ClN5OS/c20-15-9-5-4-8-14(15)17-12-27-19(21-17)22-18(26)16-11-25(24-23-16)10-13-6-2-1-3-7-13/h1-9,11-12H,10H2,(H,21,22,26). The average Bonchev–Trinajstić information content (AvgIpc) is 3.33. The molecule has 4 aromatic rings. The van der Waals surface area contributed by atoms with Gasteiger partial charge in [-0.15, -0.1) is 16.4 Å². The van der Waals surface area contributed by atoms with Crippen molar-refractivity contribution in [1.29, 1.82) is 0 Å². The van der Waals surface area contributed by atoms with Crippen LogP contribution in [0.4, 0.5) is 5.13 Å². The van der Waals surface area contributed by atoms with Gasteiger partial charge in [-0.3, -0.25) is 10.1 Å². The van der Waals surface area contributed by atoms with Gasteiger partial charge in [0.2, 0.25) is 0 Å². The van der Waals surface area contributed by atoms with Crippen LogP contribution in [0.1, 0.15) is 16.1 Å². The molecule has 4 rings (SSSR count). The number of anilines is 1. The zero-order chi connectivity index (χ0) is 18.6. The van der Waals surface area contributed by atoms with E-state index < -0.39 is 0 Å². The minimum atomic E-state index is -0.352. The lowest BCUT2D eigenvalue weighted by Gasteiger charge is -2.00. The Morgan fingerprint density at radius 1 is 1.11 bits per heavy atom. The Kier molecular flexibility index (Phi) is 4.95. The summed E-state index contributed by atoms with van der Waals surface area (Å²) < 4.78 is 1.63. The molecule has 0 atom stereocenters. The smallest absolute Gasteiger partial charge is 0.279 e. The van der Waals surface area contributed by atoms with Crippen LogP contribution in [0.25, 0.3) is 11.3 Å². The first-order valence-corrected chi connectivity index (χ1v) is 9.40. The molecule has 8 heteroatoms. The van der Waals surface area contributed by atoms with E-state index in [0.717, 1.165) is 11.1 Å². The quantitative estimate of drug-likeness (QED) is 0.545. The largest absolute Gasteiger partial charge is 0.296 e. The van der Waals surface area contributed by atoms with Gasteiger partial charge in [0.1, 0.15) is 0 Å². The maximum absolute atomic E-state index is 12.4. The molecule has 2 aromatic heterocycles. The van der Waals surface area contributed by atoms with Gasteiger partial charge in [0, 0.05) is 16.0 Å². The molecule has 0 bridgehead atoms. The Hall–Kier alpha value is -3.03. The van der Waals surface area contributed by atoms with E-state index >= 15 is 0 Å². The van der Waals surface area contributed by atoms with E-state index in [1.807, 2.05) is 53.9 Å². The zero-order valence-corrected chi connectivity index (χ0v) is 15.6. The summed E-state index contributed by atoms with van der Waals surface area (Å²) in [7, 11) is 0. The molecule has 0 aliphatic carbocycles. The fourth-order valence-corrected chi connectivity index (χ4v) is 3.47. The number of benzene rings is 2. The Bertz CT molecular complexity index is 1080. The highest BCUT2D eigenvalue weighted by atomic mass is 35.5. The predicted molar refractivity (Wildman–Crippen MR) is 106 cm³/mol. The maximum Gasteiger partial charge on any atom is 0.279 e. The number of hydrogen-bond donors (Lipinski definition) is 1. The summed E-state index contributed by atoms with van der Waals surface area (Å²) in [5.41, 5.74) is 2.86. The van der Waals surface area contributed by atoms with E-state index in [4.69, 9.17) is 11.6 Å². The SMILES string of the molecule is O=C(Nc1nc(-c2ccccc2Cl)cs1)c1cn(Cc2ccccc2)nn1. The van der Waals surface area contributed by atoms with Crippen LogP contribution in [0.15, 0.2) is 66.2 Å². The van der Waals surface area contributed by atoms with E-state index in [0.29, 0.717) is 22.4 Å². The number of nitrogens with one attached hydrogen (secondary N) is 1. The lowest BCUT2D eigenvalue weighted by molar-refractivity contribution is 0.102. The fraction of sp³-hybridized carbons (Fsp3) is 0.0526. The van der Waals surface area contributed by atoms with Crippen LogP contribution < -0.4 is 5.32 Å². The van der Waals surface area contributed by atoms with Crippen molar-refractivity contribution in [3.8, 4) is 11.3 Å². The number of hydrogen-bond acceptors (Lipinski definition) is 5. The summed E-state index contributed by atoms with van der Waals surface area (Å²) in [6.07, 6.45) is 1.62. The normalized spacial score (nSPS) is 10.7. The third-order valence-electron chi connectivity index (χ3n) is 3.83. The molecule has 0 radical (unpaired) electrons. The molecular formula is C19H14ClN5OS. The molecule has 0 saturated heterocycles. The second-order valence-electron chi connectivity index (χ2n) is 5.76. The van der Waals surface area contributed by atoms with Gasteiger partial charge in [-0.25, -0.2) is 9.67 Å². The van der Waals surface area contributed by atoms with E-state index in [2.05, 4.69) is 20.6 Å². The first kappa shape index (κ1) is 17.4. The van der Waals surface area contributed by atoms with Crippen LogP contribution in [0.5, 0.6) is 0 Å². The van der Waals surface area contributed by atoms with Crippen LogP contribution in [-0.2, 0) is 6.54 Å². The number of amides is 1. The monoisotopic (exact) mass is 395 g/mol. The lowest BCUT2D eigenvalue weighted by atomic mass is 10.2. The molecule has 0 aliphatic rings. The molecule has 0 unspecified atom stereocenters. The van der Waals surface area contributed by atoms with E-state index in [1.54, 1.807) is 16.9 Å². The van der Waals surface area contributed by atoms with Crippen LogP contribution in [0, 0.1) is 0 Å². The molecule has 1 N–H and O–H groups in total. The summed E-state index contributed by atoms with van der Waals surface area (Å²) in [4.78, 5) is 16.8. The number of thiazole rings is 1. The lowest BCUT2D eigenvalue weighted by Crippen LogP contribution is -2.12. The van der Waals surface area contributed by atoms with Crippen molar-refractivity contribution in [3.05, 3.63) is 82.5 Å². The summed E-state index contributed by atoms with van der Waals surface area (Å²) >= 11 is 7.52. The summed E-state index contributed by atoms with van der Waals surface area (Å²) in [6, 6.07) is 17.3. The van der Waals surface area contributed by atoms with Crippen molar-refractivity contribution in [3.63, 3.8) is 0 Å². The van der Waals surface area contributed by atoms with Crippen molar-refractivity contribution >= 4 is 34.0 Å². The average molecular weight is 396 g/mol. The van der Waals surface area contributed by atoms with E-state index in [-0.39, 0.29) is 11.6 Å². The van der Waals surface area contributed by atoms with E-state index in [9.17, 15) is 4.79 Å². The molecule has 6 nitrogen and oxygen atoms in total. The Morgan fingerprint density at radius 2 is 1.89 bits per heavy atom. The number of carbonyl (C=O) groups is 1. The Labute approximate surface area is 164 Å².